The van der Waals surface area contributed by atoms with Crippen molar-refractivity contribution in [3.05, 3.63) is 67.4 Å². The van der Waals surface area contributed by atoms with E-state index in [1.54, 1.807) is 19.3 Å². The molecular formula is C22H25ClN4O3S. The molecule has 0 fully saturated rings. The number of hydrogen-bond donors (Lipinski definition) is 1. The average Bonchev–Trinajstić information content (AvgIpc) is 2.77. The molecule has 164 valence electrons. The summed E-state index contributed by atoms with van der Waals surface area (Å²) in [4.78, 5) is 42.8. The standard InChI is InChI=1S/C22H25ClN4O3S/c1-4-5-8-15-12-25-20-18(21(29)27(3)22(30)26(20)2)19(15)31-13-17(28)24-11-14-9-6-7-10-16(14)23/h6-7,9-10,12H,4-5,8,11,13H2,1-3H3,(H,24,28). The van der Waals surface area contributed by atoms with E-state index >= 15 is 0 Å². The van der Waals surface area contributed by atoms with Crippen LogP contribution >= 0.6 is 23.4 Å². The maximum atomic E-state index is 12.9. The van der Waals surface area contributed by atoms with Gasteiger partial charge in [-0.3, -0.25) is 18.7 Å². The molecule has 0 unspecified atom stereocenters. The third-order valence-corrected chi connectivity index (χ3v) is 6.61. The molecule has 1 N–H and O–H groups in total. The first kappa shape index (κ1) is 23.1. The van der Waals surface area contributed by atoms with E-state index in [1.807, 2.05) is 18.2 Å². The van der Waals surface area contributed by atoms with Crippen LogP contribution in [0.4, 0.5) is 0 Å². The molecule has 31 heavy (non-hydrogen) atoms. The molecule has 0 aliphatic rings. The van der Waals surface area contributed by atoms with Crippen molar-refractivity contribution in [3.63, 3.8) is 0 Å². The van der Waals surface area contributed by atoms with Crippen LogP contribution in [0, 0.1) is 0 Å². The highest BCUT2D eigenvalue weighted by atomic mass is 35.5. The van der Waals surface area contributed by atoms with Gasteiger partial charge in [0.15, 0.2) is 0 Å². The molecule has 3 rings (SSSR count). The molecule has 0 saturated carbocycles. The quantitative estimate of drug-likeness (QED) is 0.522. The zero-order chi connectivity index (χ0) is 22.5. The van der Waals surface area contributed by atoms with Gasteiger partial charge in [-0.1, -0.05) is 43.1 Å². The van der Waals surface area contributed by atoms with Gasteiger partial charge in [0.1, 0.15) is 5.65 Å². The number of carbonyl (C=O) groups is 1. The summed E-state index contributed by atoms with van der Waals surface area (Å²) in [6, 6.07) is 7.34. The Morgan fingerprint density at radius 3 is 2.61 bits per heavy atom. The van der Waals surface area contributed by atoms with Crippen molar-refractivity contribution in [1.82, 2.24) is 19.4 Å². The summed E-state index contributed by atoms with van der Waals surface area (Å²) >= 11 is 7.44. The molecule has 1 aromatic carbocycles. The molecule has 3 aromatic rings. The lowest BCUT2D eigenvalue weighted by Crippen LogP contribution is -2.37. The lowest BCUT2D eigenvalue weighted by Gasteiger charge is -2.14. The molecule has 9 heteroatoms. The van der Waals surface area contributed by atoms with Crippen LogP contribution in [-0.4, -0.2) is 25.8 Å². The lowest BCUT2D eigenvalue weighted by molar-refractivity contribution is -0.118. The number of fused-ring (bicyclic) bond motifs is 1. The number of hydrogen-bond acceptors (Lipinski definition) is 5. The van der Waals surface area contributed by atoms with Gasteiger partial charge in [-0.15, -0.1) is 11.8 Å². The van der Waals surface area contributed by atoms with Gasteiger partial charge in [-0.2, -0.15) is 0 Å². The molecule has 0 atom stereocenters. The Labute approximate surface area is 189 Å². The van der Waals surface area contributed by atoms with Crippen molar-refractivity contribution in [3.8, 4) is 0 Å². The van der Waals surface area contributed by atoms with Gasteiger partial charge in [-0.25, -0.2) is 9.78 Å². The van der Waals surface area contributed by atoms with Crippen molar-refractivity contribution in [2.45, 2.75) is 37.6 Å². The predicted molar refractivity (Wildman–Crippen MR) is 125 cm³/mol. The fourth-order valence-corrected chi connectivity index (χ4v) is 4.52. The number of aromatic nitrogens is 3. The van der Waals surface area contributed by atoms with Crippen LogP contribution in [0.1, 0.15) is 30.9 Å². The van der Waals surface area contributed by atoms with E-state index in [1.165, 1.54) is 23.4 Å². The molecule has 7 nitrogen and oxygen atoms in total. The second kappa shape index (κ2) is 10.2. The van der Waals surface area contributed by atoms with Gasteiger partial charge in [0.05, 0.1) is 11.1 Å². The zero-order valence-corrected chi connectivity index (χ0v) is 19.3. The molecule has 2 aromatic heterocycles. The van der Waals surface area contributed by atoms with Crippen LogP contribution in [0.15, 0.2) is 44.9 Å². The van der Waals surface area contributed by atoms with E-state index in [0.29, 0.717) is 27.5 Å². The fourth-order valence-electron chi connectivity index (χ4n) is 3.28. The highest BCUT2D eigenvalue weighted by Crippen LogP contribution is 2.29. The molecule has 0 aliphatic carbocycles. The molecule has 2 heterocycles. The fraction of sp³-hybridized carbons (Fsp3) is 0.364. The van der Waals surface area contributed by atoms with Crippen molar-refractivity contribution >= 4 is 40.3 Å². The molecule has 0 saturated heterocycles. The van der Waals surface area contributed by atoms with E-state index < -0.39 is 11.2 Å². The zero-order valence-electron chi connectivity index (χ0n) is 17.8. The van der Waals surface area contributed by atoms with Gasteiger partial charge in [0.25, 0.3) is 5.56 Å². The first-order valence-corrected chi connectivity index (χ1v) is 11.4. The monoisotopic (exact) mass is 460 g/mol. The van der Waals surface area contributed by atoms with Gasteiger partial charge < -0.3 is 5.32 Å². The number of rotatable bonds is 8. The van der Waals surface area contributed by atoms with Crippen molar-refractivity contribution in [2.75, 3.05) is 5.75 Å². The molecule has 1 amide bonds. The highest BCUT2D eigenvalue weighted by molar-refractivity contribution is 8.00. The van der Waals surface area contributed by atoms with Gasteiger partial charge in [-0.05, 0) is 30.0 Å². The molecular weight excluding hydrogens is 436 g/mol. The van der Waals surface area contributed by atoms with Gasteiger partial charge in [0.2, 0.25) is 5.91 Å². The van der Waals surface area contributed by atoms with Gasteiger partial charge >= 0.3 is 5.69 Å². The summed E-state index contributed by atoms with van der Waals surface area (Å²) in [7, 11) is 3.04. The summed E-state index contributed by atoms with van der Waals surface area (Å²) in [6.45, 7) is 2.42. The summed E-state index contributed by atoms with van der Waals surface area (Å²) < 4.78 is 2.44. The van der Waals surface area contributed by atoms with Crippen LogP contribution in [0.3, 0.4) is 0 Å². The van der Waals surface area contributed by atoms with Crippen molar-refractivity contribution in [1.29, 1.82) is 0 Å². The molecule has 0 spiro atoms. The average molecular weight is 461 g/mol. The number of carbonyl (C=O) groups excluding carboxylic acids is 1. The van der Waals surface area contributed by atoms with E-state index in [2.05, 4.69) is 17.2 Å². The Hall–Kier alpha value is -2.58. The number of pyridine rings is 1. The third-order valence-electron chi connectivity index (χ3n) is 5.08. The summed E-state index contributed by atoms with van der Waals surface area (Å²) in [6.07, 6.45) is 4.38. The van der Waals surface area contributed by atoms with E-state index in [4.69, 9.17) is 11.6 Å². The summed E-state index contributed by atoms with van der Waals surface area (Å²) in [5.41, 5.74) is 1.24. The predicted octanol–water partition coefficient (Wildman–Crippen LogP) is 3.04. The minimum atomic E-state index is -0.431. The number of thioether (sulfide) groups is 1. The SMILES string of the molecule is CCCCc1cnc2c(c1SCC(=O)NCc1ccccc1Cl)c(=O)n(C)c(=O)n2C. The minimum absolute atomic E-state index is 0.134. The number of benzene rings is 1. The summed E-state index contributed by atoms with van der Waals surface area (Å²) in [5, 5.41) is 3.84. The summed E-state index contributed by atoms with van der Waals surface area (Å²) in [5.74, 6) is -0.0349. The number of unbranched alkanes of at least 4 members (excludes halogenated alkanes) is 1. The normalized spacial score (nSPS) is 11.1. The third kappa shape index (κ3) is 5.02. The Bertz CT molecular complexity index is 1240. The topological polar surface area (TPSA) is 86.0 Å². The minimum Gasteiger partial charge on any atom is -0.351 e. The van der Waals surface area contributed by atoms with Crippen molar-refractivity contribution < 1.29 is 4.79 Å². The Morgan fingerprint density at radius 2 is 1.90 bits per heavy atom. The van der Waals surface area contributed by atoms with Crippen LogP contribution in [0.2, 0.25) is 5.02 Å². The number of aryl methyl sites for hydroxylation is 2. The first-order valence-electron chi connectivity index (χ1n) is 10.1. The van der Waals surface area contributed by atoms with E-state index in [0.717, 1.165) is 35.0 Å². The number of halogens is 1. The molecule has 0 bridgehead atoms. The van der Waals surface area contributed by atoms with Crippen LogP contribution < -0.4 is 16.6 Å². The number of nitrogens with zero attached hydrogens (tertiary/aromatic N) is 3. The second-order valence-corrected chi connectivity index (χ2v) is 8.67. The van der Waals surface area contributed by atoms with Crippen molar-refractivity contribution in [2.24, 2.45) is 14.1 Å². The second-order valence-electron chi connectivity index (χ2n) is 7.28. The van der Waals surface area contributed by atoms with E-state index in [-0.39, 0.29) is 11.7 Å². The molecule has 0 aliphatic heterocycles. The first-order chi connectivity index (χ1) is 14.8. The Morgan fingerprint density at radius 1 is 1.16 bits per heavy atom. The number of nitrogens with one attached hydrogen (secondary N) is 1. The highest BCUT2D eigenvalue weighted by Gasteiger charge is 2.18. The van der Waals surface area contributed by atoms with Gasteiger partial charge in [0, 0.05) is 36.8 Å². The Kier molecular flexibility index (Phi) is 7.56. The Balaban J connectivity index is 1.90. The van der Waals surface area contributed by atoms with E-state index in [9.17, 15) is 14.4 Å². The van der Waals surface area contributed by atoms with Crippen LogP contribution in [0.25, 0.3) is 11.0 Å². The number of amides is 1. The largest absolute Gasteiger partial charge is 0.351 e. The lowest BCUT2D eigenvalue weighted by atomic mass is 10.1. The van der Waals surface area contributed by atoms with Crippen LogP contribution in [0.5, 0.6) is 0 Å². The maximum Gasteiger partial charge on any atom is 0.332 e. The van der Waals surface area contributed by atoms with Crippen LogP contribution in [-0.2, 0) is 31.9 Å². The maximum absolute atomic E-state index is 12.9. The smallest absolute Gasteiger partial charge is 0.332 e. The molecule has 0 radical (unpaired) electrons.